The molecular weight excluding hydrogens is 240 g/mol. The SMILES string of the molecule is [c]1c(C23CC4CC(CC(C4)C2)C3)ccc2ccccc12. The van der Waals surface area contributed by atoms with Gasteiger partial charge in [-0.05, 0) is 84.1 Å². The van der Waals surface area contributed by atoms with Gasteiger partial charge in [0.1, 0.15) is 0 Å². The van der Waals surface area contributed by atoms with Gasteiger partial charge in [0.2, 0.25) is 0 Å². The molecule has 2 aromatic rings. The van der Waals surface area contributed by atoms with E-state index in [1.165, 1.54) is 54.9 Å². The molecule has 2 aromatic carbocycles. The van der Waals surface area contributed by atoms with Gasteiger partial charge < -0.3 is 0 Å². The van der Waals surface area contributed by atoms with Gasteiger partial charge in [-0.1, -0.05) is 36.4 Å². The summed E-state index contributed by atoms with van der Waals surface area (Å²) in [7, 11) is 0. The molecule has 20 heavy (non-hydrogen) atoms. The number of fused-ring (bicyclic) bond motifs is 1. The van der Waals surface area contributed by atoms with Crippen molar-refractivity contribution >= 4 is 10.8 Å². The fraction of sp³-hybridized carbons (Fsp3) is 0.500. The third kappa shape index (κ3) is 1.54. The maximum atomic E-state index is 3.78. The van der Waals surface area contributed by atoms with Crippen LogP contribution < -0.4 is 0 Å². The molecule has 101 valence electrons. The van der Waals surface area contributed by atoms with Crippen LogP contribution in [0.3, 0.4) is 0 Å². The second kappa shape index (κ2) is 3.87. The molecule has 0 atom stereocenters. The van der Waals surface area contributed by atoms with Crippen molar-refractivity contribution in [2.45, 2.75) is 43.9 Å². The Bertz CT molecular complexity index is 631. The van der Waals surface area contributed by atoms with Crippen LogP contribution in [-0.2, 0) is 5.41 Å². The van der Waals surface area contributed by atoms with E-state index >= 15 is 0 Å². The first-order valence-electron chi connectivity index (χ1n) is 8.22. The van der Waals surface area contributed by atoms with Crippen LogP contribution in [0.25, 0.3) is 10.8 Å². The summed E-state index contributed by atoms with van der Waals surface area (Å²) in [6.45, 7) is 0. The van der Waals surface area contributed by atoms with Crippen molar-refractivity contribution in [1.82, 2.24) is 0 Å². The molecule has 0 saturated heterocycles. The molecule has 0 amide bonds. The fourth-order valence-corrected chi connectivity index (χ4v) is 5.87. The first kappa shape index (κ1) is 11.4. The first-order chi connectivity index (χ1) is 9.81. The van der Waals surface area contributed by atoms with E-state index < -0.39 is 0 Å². The number of benzene rings is 2. The third-order valence-electron chi connectivity index (χ3n) is 6.27. The predicted octanol–water partition coefficient (Wildman–Crippen LogP) is 5.11. The van der Waals surface area contributed by atoms with Crippen molar-refractivity contribution < 1.29 is 0 Å². The molecule has 0 nitrogen and oxygen atoms in total. The highest BCUT2D eigenvalue weighted by atomic mass is 14.6. The fourth-order valence-electron chi connectivity index (χ4n) is 5.87. The zero-order valence-corrected chi connectivity index (χ0v) is 11.9. The average molecular weight is 261 g/mol. The van der Waals surface area contributed by atoms with Gasteiger partial charge in [0, 0.05) is 0 Å². The highest BCUT2D eigenvalue weighted by Gasteiger charge is 2.51. The molecule has 4 saturated carbocycles. The molecule has 4 aliphatic carbocycles. The largest absolute Gasteiger partial charge is 0.0616 e. The maximum Gasteiger partial charge on any atom is -0.00327 e. The molecule has 4 aliphatic rings. The summed E-state index contributed by atoms with van der Waals surface area (Å²) < 4.78 is 0. The van der Waals surface area contributed by atoms with Gasteiger partial charge in [-0.2, -0.15) is 0 Å². The Morgan fingerprint density at radius 3 is 2.15 bits per heavy atom. The Morgan fingerprint density at radius 2 is 1.45 bits per heavy atom. The second-order valence-corrected chi connectivity index (χ2v) is 7.66. The summed E-state index contributed by atoms with van der Waals surface area (Å²) in [5.41, 5.74) is 2.01. The van der Waals surface area contributed by atoms with Crippen LogP contribution in [0.15, 0.2) is 36.4 Å². The van der Waals surface area contributed by atoms with E-state index in [0.29, 0.717) is 5.41 Å². The molecule has 4 fully saturated rings. The summed E-state index contributed by atoms with van der Waals surface area (Å²) in [6.07, 6.45) is 8.88. The minimum absolute atomic E-state index is 0.485. The molecule has 0 heteroatoms. The zero-order valence-electron chi connectivity index (χ0n) is 11.9. The van der Waals surface area contributed by atoms with Gasteiger partial charge in [-0.25, -0.2) is 0 Å². The number of hydrogen-bond acceptors (Lipinski definition) is 0. The van der Waals surface area contributed by atoms with Crippen molar-refractivity contribution in [3.63, 3.8) is 0 Å². The first-order valence-corrected chi connectivity index (χ1v) is 8.22. The Kier molecular flexibility index (Phi) is 2.20. The van der Waals surface area contributed by atoms with Crippen LogP contribution in [0.2, 0.25) is 0 Å². The molecule has 0 N–H and O–H groups in total. The van der Waals surface area contributed by atoms with Gasteiger partial charge in [0.05, 0.1) is 0 Å². The molecule has 0 aliphatic heterocycles. The molecular formula is C20H21. The quantitative estimate of drug-likeness (QED) is 0.669. The number of hydrogen-bond donors (Lipinski definition) is 0. The lowest BCUT2D eigenvalue weighted by Gasteiger charge is -2.57. The van der Waals surface area contributed by atoms with E-state index in [4.69, 9.17) is 0 Å². The zero-order chi connectivity index (χ0) is 13.2. The van der Waals surface area contributed by atoms with Crippen LogP contribution in [0.5, 0.6) is 0 Å². The van der Waals surface area contributed by atoms with Crippen molar-refractivity contribution in [2.75, 3.05) is 0 Å². The van der Waals surface area contributed by atoms with E-state index in [-0.39, 0.29) is 0 Å². The normalized spacial score (nSPS) is 38.5. The van der Waals surface area contributed by atoms with E-state index in [0.717, 1.165) is 17.8 Å². The Morgan fingerprint density at radius 1 is 0.800 bits per heavy atom. The van der Waals surface area contributed by atoms with Gasteiger partial charge in [0.15, 0.2) is 0 Å². The lowest BCUT2D eigenvalue weighted by Crippen LogP contribution is -2.48. The minimum Gasteiger partial charge on any atom is -0.0616 e. The molecule has 4 bridgehead atoms. The van der Waals surface area contributed by atoms with E-state index in [1.807, 2.05) is 0 Å². The van der Waals surface area contributed by atoms with Crippen LogP contribution in [0.4, 0.5) is 0 Å². The van der Waals surface area contributed by atoms with Crippen LogP contribution in [-0.4, -0.2) is 0 Å². The monoisotopic (exact) mass is 261 g/mol. The van der Waals surface area contributed by atoms with Crippen LogP contribution in [0, 0.1) is 23.8 Å². The van der Waals surface area contributed by atoms with Crippen molar-refractivity contribution in [1.29, 1.82) is 0 Å². The van der Waals surface area contributed by atoms with Crippen LogP contribution >= 0.6 is 0 Å². The van der Waals surface area contributed by atoms with E-state index in [2.05, 4.69) is 42.5 Å². The lowest BCUT2D eigenvalue weighted by atomic mass is 9.48. The summed E-state index contributed by atoms with van der Waals surface area (Å²) in [6, 6.07) is 17.2. The van der Waals surface area contributed by atoms with Crippen molar-refractivity contribution in [2.24, 2.45) is 17.8 Å². The molecule has 0 heterocycles. The summed E-state index contributed by atoms with van der Waals surface area (Å²) in [5.74, 6) is 3.04. The third-order valence-corrected chi connectivity index (χ3v) is 6.27. The van der Waals surface area contributed by atoms with Gasteiger partial charge >= 0.3 is 0 Å². The van der Waals surface area contributed by atoms with Gasteiger partial charge in [-0.15, -0.1) is 0 Å². The summed E-state index contributed by atoms with van der Waals surface area (Å²) in [4.78, 5) is 0. The van der Waals surface area contributed by atoms with E-state index in [1.54, 1.807) is 0 Å². The summed E-state index contributed by atoms with van der Waals surface area (Å²) in [5, 5.41) is 2.64. The molecule has 1 radical (unpaired) electrons. The Hall–Kier alpha value is -1.30. The van der Waals surface area contributed by atoms with Gasteiger partial charge in [-0.3, -0.25) is 0 Å². The molecule has 6 rings (SSSR count). The topological polar surface area (TPSA) is 0 Å². The smallest absolute Gasteiger partial charge is 0.00327 e. The average Bonchev–Trinajstić information content (AvgIpc) is 2.45. The Balaban J connectivity index is 1.63. The van der Waals surface area contributed by atoms with Crippen molar-refractivity contribution in [3.8, 4) is 0 Å². The Labute approximate surface area is 121 Å². The highest BCUT2D eigenvalue weighted by molar-refractivity contribution is 5.82. The van der Waals surface area contributed by atoms with Crippen molar-refractivity contribution in [3.05, 3.63) is 48.0 Å². The van der Waals surface area contributed by atoms with E-state index in [9.17, 15) is 0 Å². The predicted molar refractivity (Wildman–Crippen MR) is 82.6 cm³/mol. The molecule has 0 spiro atoms. The van der Waals surface area contributed by atoms with Crippen LogP contribution in [0.1, 0.15) is 44.1 Å². The minimum atomic E-state index is 0.485. The molecule has 0 unspecified atom stereocenters. The number of rotatable bonds is 1. The second-order valence-electron chi connectivity index (χ2n) is 7.66. The highest BCUT2D eigenvalue weighted by Crippen LogP contribution is 2.60. The maximum absolute atomic E-state index is 3.78. The molecule has 0 aromatic heterocycles. The summed E-state index contributed by atoms with van der Waals surface area (Å²) >= 11 is 0. The van der Waals surface area contributed by atoms with Gasteiger partial charge in [0.25, 0.3) is 0 Å². The lowest BCUT2D eigenvalue weighted by molar-refractivity contribution is -0.00524. The standard InChI is InChI=1S/C20H21/c1-2-4-18-10-19(6-5-17(18)3-1)20-11-14-7-15(12-20)9-16(8-14)13-20/h1-6,14-16H,7-9,11-13H2.